The lowest BCUT2D eigenvalue weighted by Crippen LogP contribution is -2.25. The molecular weight excluding hydrogens is 306 g/mol. The fourth-order valence-corrected chi connectivity index (χ4v) is 4.10. The van der Waals surface area contributed by atoms with Crippen molar-refractivity contribution in [1.29, 1.82) is 10.7 Å². The summed E-state index contributed by atoms with van der Waals surface area (Å²) in [5.41, 5.74) is 7.56. The van der Waals surface area contributed by atoms with E-state index in [0.717, 1.165) is 37.7 Å². The van der Waals surface area contributed by atoms with E-state index < -0.39 is 0 Å². The second-order valence-corrected chi connectivity index (χ2v) is 7.72. The van der Waals surface area contributed by atoms with Crippen LogP contribution in [0.1, 0.15) is 94.6 Å². The summed E-state index contributed by atoms with van der Waals surface area (Å²) < 4.78 is 0. The van der Waals surface area contributed by atoms with Crippen molar-refractivity contribution in [3.63, 3.8) is 0 Å². The molecule has 2 rings (SSSR count). The van der Waals surface area contributed by atoms with Crippen LogP contribution >= 0.6 is 0 Å². The van der Waals surface area contributed by atoms with Crippen molar-refractivity contribution < 1.29 is 0 Å². The maximum absolute atomic E-state index is 9.75. The normalized spacial score (nSPS) is 23.1. The Morgan fingerprint density at radius 2 is 1.72 bits per heavy atom. The summed E-state index contributed by atoms with van der Waals surface area (Å²) >= 11 is 0. The average Bonchev–Trinajstić information content (AvgIpc) is 2.65. The lowest BCUT2D eigenvalue weighted by atomic mass is 9.67. The van der Waals surface area contributed by atoms with Crippen LogP contribution in [0.4, 0.5) is 0 Å². The third-order valence-electron chi connectivity index (χ3n) is 5.88. The smallest absolute Gasteiger partial charge is 0.122 e. The van der Waals surface area contributed by atoms with E-state index >= 15 is 0 Å². The third-order valence-corrected chi connectivity index (χ3v) is 5.88. The molecule has 0 unspecified atom stereocenters. The number of hydrogen-bond donors (Lipinski definition) is 2. The van der Waals surface area contributed by atoms with E-state index in [1.54, 1.807) is 0 Å². The number of nitrogens with zero attached hydrogens (tertiary/aromatic N) is 1. The van der Waals surface area contributed by atoms with Crippen molar-refractivity contribution in [2.75, 3.05) is 0 Å². The number of nitriles is 1. The molecule has 136 valence electrons. The van der Waals surface area contributed by atoms with Gasteiger partial charge in [-0.3, -0.25) is 5.41 Å². The molecule has 25 heavy (non-hydrogen) atoms. The number of nitrogen functional groups attached to an aromatic ring is 1. The molecule has 0 aromatic heterocycles. The second-order valence-electron chi connectivity index (χ2n) is 7.72. The third kappa shape index (κ3) is 5.59. The molecule has 3 nitrogen and oxygen atoms in total. The molecule has 1 aliphatic rings. The Morgan fingerprint density at radius 3 is 2.28 bits per heavy atom. The monoisotopic (exact) mass is 339 g/mol. The highest BCUT2D eigenvalue weighted by molar-refractivity contribution is 5.94. The Balaban J connectivity index is 1.81. The number of benzene rings is 1. The molecule has 0 bridgehead atoms. The molecule has 0 aliphatic heterocycles. The van der Waals surface area contributed by atoms with Gasteiger partial charge in [-0.2, -0.15) is 5.26 Å². The Hall–Kier alpha value is -1.82. The van der Waals surface area contributed by atoms with Crippen LogP contribution in [0.5, 0.6) is 0 Å². The van der Waals surface area contributed by atoms with Gasteiger partial charge >= 0.3 is 0 Å². The molecule has 0 heterocycles. The van der Waals surface area contributed by atoms with Gasteiger partial charge in [0.1, 0.15) is 5.84 Å². The second kappa shape index (κ2) is 9.61. The summed E-state index contributed by atoms with van der Waals surface area (Å²) in [6.45, 7) is 2.25. The predicted octanol–water partition coefficient (Wildman–Crippen LogP) is 5.89. The van der Waals surface area contributed by atoms with E-state index in [2.05, 4.69) is 25.1 Å². The molecule has 3 N–H and O–H groups in total. The molecule has 0 amide bonds. The Bertz CT molecular complexity index is 574. The predicted molar refractivity (Wildman–Crippen MR) is 105 cm³/mol. The Kier molecular flexibility index (Phi) is 7.50. The van der Waals surface area contributed by atoms with Crippen molar-refractivity contribution >= 4 is 5.84 Å². The molecule has 1 aromatic carbocycles. The van der Waals surface area contributed by atoms with Gasteiger partial charge in [0.05, 0.1) is 11.5 Å². The summed E-state index contributed by atoms with van der Waals surface area (Å²) in [5, 5.41) is 17.2. The molecule has 0 saturated heterocycles. The zero-order valence-electron chi connectivity index (χ0n) is 15.7. The standard InChI is InChI=1S/C22H33N3/c1-2-3-4-5-6-7-14-22(17-23)15-12-19(13-16-22)18-8-10-20(11-9-18)21(24)25/h8-11,19H,2-7,12-16H2,1H3,(H3,24,25). The van der Waals surface area contributed by atoms with E-state index in [4.69, 9.17) is 11.1 Å². The summed E-state index contributed by atoms with van der Waals surface area (Å²) in [7, 11) is 0. The van der Waals surface area contributed by atoms with Crippen LogP contribution in [-0.2, 0) is 0 Å². The van der Waals surface area contributed by atoms with Crippen LogP contribution in [0, 0.1) is 22.2 Å². The molecule has 1 aliphatic carbocycles. The highest BCUT2D eigenvalue weighted by Gasteiger charge is 2.35. The van der Waals surface area contributed by atoms with Gasteiger partial charge in [0.15, 0.2) is 0 Å². The molecule has 0 radical (unpaired) electrons. The van der Waals surface area contributed by atoms with Crippen molar-refractivity contribution in [3.05, 3.63) is 35.4 Å². The molecular formula is C22H33N3. The number of amidine groups is 1. The zero-order valence-corrected chi connectivity index (χ0v) is 15.7. The number of nitrogens with two attached hydrogens (primary N) is 1. The number of unbranched alkanes of at least 4 members (excludes halogenated alkanes) is 5. The Labute approximate surface area is 153 Å². The van der Waals surface area contributed by atoms with Crippen LogP contribution in [0.15, 0.2) is 24.3 Å². The maximum Gasteiger partial charge on any atom is 0.122 e. The van der Waals surface area contributed by atoms with Crippen LogP contribution in [-0.4, -0.2) is 5.84 Å². The van der Waals surface area contributed by atoms with E-state index in [9.17, 15) is 5.26 Å². The van der Waals surface area contributed by atoms with Crippen LogP contribution in [0.3, 0.4) is 0 Å². The fourth-order valence-electron chi connectivity index (χ4n) is 4.10. The minimum Gasteiger partial charge on any atom is -0.384 e. The first-order chi connectivity index (χ1) is 12.1. The highest BCUT2D eigenvalue weighted by atomic mass is 14.7. The van der Waals surface area contributed by atoms with Gasteiger partial charge in [0.25, 0.3) is 0 Å². The molecule has 0 spiro atoms. The number of rotatable bonds is 9. The zero-order chi connectivity index (χ0) is 18.1. The number of hydrogen-bond acceptors (Lipinski definition) is 2. The first-order valence-corrected chi connectivity index (χ1v) is 9.96. The maximum atomic E-state index is 9.75. The van der Waals surface area contributed by atoms with E-state index in [-0.39, 0.29) is 11.3 Å². The van der Waals surface area contributed by atoms with Gasteiger partial charge in [-0.25, -0.2) is 0 Å². The van der Waals surface area contributed by atoms with Crippen LogP contribution in [0.25, 0.3) is 0 Å². The van der Waals surface area contributed by atoms with Gasteiger partial charge in [-0.05, 0) is 43.6 Å². The Morgan fingerprint density at radius 1 is 1.12 bits per heavy atom. The lowest BCUT2D eigenvalue weighted by molar-refractivity contribution is 0.223. The van der Waals surface area contributed by atoms with Gasteiger partial charge < -0.3 is 5.73 Å². The lowest BCUT2D eigenvalue weighted by Gasteiger charge is -2.35. The molecule has 3 heteroatoms. The minimum atomic E-state index is -0.0828. The van der Waals surface area contributed by atoms with E-state index in [0.29, 0.717) is 5.92 Å². The van der Waals surface area contributed by atoms with E-state index in [1.807, 2.05) is 12.1 Å². The van der Waals surface area contributed by atoms with Gasteiger partial charge in [-0.1, -0.05) is 69.7 Å². The average molecular weight is 340 g/mol. The fraction of sp³-hybridized carbons (Fsp3) is 0.636. The first kappa shape index (κ1) is 19.5. The number of nitrogens with one attached hydrogen (secondary N) is 1. The molecule has 0 atom stereocenters. The van der Waals surface area contributed by atoms with Gasteiger partial charge in [0, 0.05) is 5.56 Å². The van der Waals surface area contributed by atoms with Crippen molar-refractivity contribution in [2.24, 2.45) is 11.1 Å². The van der Waals surface area contributed by atoms with Gasteiger partial charge in [0.2, 0.25) is 0 Å². The summed E-state index contributed by atoms with van der Waals surface area (Å²) in [6.07, 6.45) is 13.1. The molecule has 1 saturated carbocycles. The largest absolute Gasteiger partial charge is 0.384 e. The highest BCUT2D eigenvalue weighted by Crippen LogP contribution is 2.45. The molecule has 1 fully saturated rings. The SMILES string of the molecule is CCCCCCCCC1(C#N)CCC(c2ccc(C(=N)N)cc2)CC1. The summed E-state index contributed by atoms with van der Waals surface area (Å²) in [6, 6.07) is 10.8. The first-order valence-electron chi connectivity index (χ1n) is 9.96. The summed E-state index contributed by atoms with van der Waals surface area (Å²) in [4.78, 5) is 0. The van der Waals surface area contributed by atoms with Crippen LogP contribution < -0.4 is 5.73 Å². The topological polar surface area (TPSA) is 73.7 Å². The summed E-state index contributed by atoms with van der Waals surface area (Å²) in [5.74, 6) is 0.671. The van der Waals surface area contributed by atoms with Crippen molar-refractivity contribution in [1.82, 2.24) is 0 Å². The van der Waals surface area contributed by atoms with Crippen molar-refractivity contribution in [3.8, 4) is 6.07 Å². The minimum absolute atomic E-state index is 0.0828. The van der Waals surface area contributed by atoms with Crippen molar-refractivity contribution in [2.45, 2.75) is 83.5 Å². The van der Waals surface area contributed by atoms with Gasteiger partial charge in [-0.15, -0.1) is 0 Å². The molecule has 1 aromatic rings. The quantitative estimate of drug-likeness (QED) is 0.334. The van der Waals surface area contributed by atoms with E-state index in [1.165, 1.54) is 44.1 Å². The van der Waals surface area contributed by atoms with Crippen LogP contribution in [0.2, 0.25) is 0 Å².